The highest BCUT2D eigenvalue weighted by Crippen LogP contribution is 2.26. The van der Waals surface area contributed by atoms with Crippen molar-refractivity contribution in [3.8, 4) is 6.07 Å². The number of benzene rings is 2. The standard InChI is InChI=1S/C15H12N2O2/c1-17(14-5-3-2-4-12(14)10-16)13-8-6-11(7-9-13)15(18)19/h2-9H,1H3,(H,18,19). The molecule has 0 aliphatic rings. The predicted molar refractivity (Wildman–Crippen MR) is 72.6 cm³/mol. The van der Waals surface area contributed by atoms with Gasteiger partial charge in [0.05, 0.1) is 16.8 Å². The van der Waals surface area contributed by atoms with Gasteiger partial charge in [-0.3, -0.25) is 0 Å². The van der Waals surface area contributed by atoms with Gasteiger partial charge in [0.15, 0.2) is 0 Å². The molecule has 0 aliphatic carbocycles. The van der Waals surface area contributed by atoms with Crippen molar-refractivity contribution in [2.45, 2.75) is 0 Å². The summed E-state index contributed by atoms with van der Waals surface area (Å²) >= 11 is 0. The van der Waals surface area contributed by atoms with Crippen LogP contribution in [0.15, 0.2) is 48.5 Å². The molecule has 1 N–H and O–H groups in total. The van der Waals surface area contributed by atoms with E-state index in [1.165, 1.54) is 0 Å². The van der Waals surface area contributed by atoms with E-state index in [-0.39, 0.29) is 5.56 Å². The average molecular weight is 252 g/mol. The Morgan fingerprint density at radius 3 is 2.37 bits per heavy atom. The van der Waals surface area contributed by atoms with E-state index >= 15 is 0 Å². The van der Waals surface area contributed by atoms with Crippen molar-refractivity contribution in [3.63, 3.8) is 0 Å². The Balaban J connectivity index is 2.36. The molecular formula is C15H12N2O2. The van der Waals surface area contributed by atoms with Crippen LogP contribution in [0.25, 0.3) is 0 Å². The largest absolute Gasteiger partial charge is 0.478 e. The summed E-state index contributed by atoms with van der Waals surface area (Å²) in [5.41, 5.74) is 2.43. The van der Waals surface area contributed by atoms with E-state index in [0.29, 0.717) is 5.56 Å². The van der Waals surface area contributed by atoms with Gasteiger partial charge in [-0.2, -0.15) is 5.26 Å². The number of carboxylic acid groups (broad SMARTS) is 1. The van der Waals surface area contributed by atoms with E-state index in [4.69, 9.17) is 10.4 Å². The summed E-state index contributed by atoms with van der Waals surface area (Å²) in [5.74, 6) is -0.952. The van der Waals surface area contributed by atoms with Crippen LogP contribution >= 0.6 is 0 Å². The summed E-state index contributed by atoms with van der Waals surface area (Å²) in [4.78, 5) is 12.6. The van der Waals surface area contributed by atoms with Gasteiger partial charge in [-0.25, -0.2) is 4.79 Å². The van der Waals surface area contributed by atoms with Crippen LogP contribution in [0.5, 0.6) is 0 Å². The van der Waals surface area contributed by atoms with Gasteiger partial charge in [-0.15, -0.1) is 0 Å². The van der Waals surface area contributed by atoms with Crippen LogP contribution in [0, 0.1) is 11.3 Å². The summed E-state index contributed by atoms with van der Waals surface area (Å²) in [5, 5.41) is 17.9. The molecule has 0 saturated carbocycles. The Morgan fingerprint density at radius 2 is 1.79 bits per heavy atom. The molecule has 4 heteroatoms. The van der Waals surface area contributed by atoms with Crippen LogP contribution in [0.4, 0.5) is 11.4 Å². The third-order valence-electron chi connectivity index (χ3n) is 2.89. The minimum absolute atomic E-state index is 0.241. The van der Waals surface area contributed by atoms with Crippen LogP contribution in [-0.4, -0.2) is 18.1 Å². The van der Waals surface area contributed by atoms with Crippen molar-refractivity contribution in [1.29, 1.82) is 5.26 Å². The highest BCUT2D eigenvalue weighted by Gasteiger charge is 2.09. The van der Waals surface area contributed by atoms with Gasteiger partial charge in [0.25, 0.3) is 0 Å². The van der Waals surface area contributed by atoms with Crippen molar-refractivity contribution < 1.29 is 9.90 Å². The number of hydrogen-bond donors (Lipinski definition) is 1. The third kappa shape index (κ3) is 2.55. The van der Waals surface area contributed by atoms with E-state index in [2.05, 4.69) is 6.07 Å². The molecule has 19 heavy (non-hydrogen) atoms. The number of anilines is 2. The first-order chi connectivity index (χ1) is 9.13. The van der Waals surface area contributed by atoms with E-state index in [0.717, 1.165) is 11.4 Å². The number of carbonyl (C=O) groups is 1. The fraction of sp³-hybridized carbons (Fsp3) is 0.0667. The van der Waals surface area contributed by atoms with Crippen LogP contribution in [0.1, 0.15) is 15.9 Å². The zero-order chi connectivity index (χ0) is 13.8. The van der Waals surface area contributed by atoms with E-state index < -0.39 is 5.97 Å². The molecule has 4 nitrogen and oxygen atoms in total. The molecule has 2 rings (SSSR count). The Morgan fingerprint density at radius 1 is 1.16 bits per heavy atom. The maximum absolute atomic E-state index is 10.8. The summed E-state index contributed by atoms with van der Waals surface area (Å²) in [6.07, 6.45) is 0. The first kappa shape index (κ1) is 12.7. The first-order valence-corrected chi connectivity index (χ1v) is 5.69. The lowest BCUT2D eigenvalue weighted by Gasteiger charge is -2.20. The van der Waals surface area contributed by atoms with Gasteiger partial charge in [0, 0.05) is 12.7 Å². The van der Waals surface area contributed by atoms with Gasteiger partial charge in [0.1, 0.15) is 6.07 Å². The van der Waals surface area contributed by atoms with Crippen LogP contribution < -0.4 is 4.90 Å². The zero-order valence-electron chi connectivity index (χ0n) is 10.4. The molecular weight excluding hydrogens is 240 g/mol. The van der Waals surface area contributed by atoms with Gasteiger partial charge >= 0.3 is 5.97 Å². The van der Waals surface area contributed by atoms with Crippen molar-refractivity contribution in [2.75, 3.05) is 11.9 Å². The highest BCUT2D eigenvalue weighted by atomic mass is 16.4. The molecule has 0 saturated heterocycles. The molecule has 0 unspecified atom stereocenters. The molecule has 0 bridgehead atoms. The summed E-state index contributed by atoms with van der Waals surface area (Å²) in [7, 11) is 1.84. The second-order valence-corrected chi connectivity index (χ2v) is 4.04. The second kappa shape index (κ2) is 5.23. The monoisotopic (exact) mass is 252 g/mol. The van der Waals surface area contributed by atoms with E-state index in [9.17, 15) is 4.79 Å². The Bertz CT molecular complexity index is 642. The number of para-hydroxylation sites is 1. The lowest BCUT2D eigenvalue weighted by atomic mass is 10.1. The number of hydrogen-bond acceptors (Lipinski definition) is 3. The fourth-order valence-electron chi connectivity index (χ4n) is 1.83. The number of aromatic carboxylic acids is 1. The lowest BCUT2D eigenvalue weighted by Crippen LogP contribution is -2.11. The van der Waals surface area contributed by atoms with Crippen molar-refractivity contribution >= 4 is 17.3 Å². The molecule has 0 atom stereocenters. The predicted octanol–water partition coefficient (Wildman–Crippen LogP) is 3.02. The quantitative estimate of drug-likeness (QED) is 0.911. The molecule has 0 fully saturated rings. The number of carboxylic acids is 1. The maximum Gasteiger partial charge on any atom is 0.335 e. The van der Waals surface area contributed by atoms with Crippen LogP contribution in [-0.2, 0) is 0 Å². The third-order valence-corrected chi connectivity index (χ3v) is 2.89. The molecule has 0 heterocycles. The van der Waals surface area contributed by atoms with E-state index in [1.54, 1.807) is 30.3 Å². The molecule has 2 aromatic carbocycles. The zero-order valence-corrected chi connectivity index (χ0v) is 10.4. The van der Waals surface area contributed by atoms with E-state index in [1.807, 2.05) is 30.1 Å². The SMILES string of the molecule is CN(c1ccc(C(=O)O)cc1)c1ccccc1C#N. The molecule has 0 aromatic heterocycles. The van der Waals surface area contributed by atoms with Crippen LogP contribution in [0.3, 0.4) is 0 Å². The van der Waals surface area contributed by atoms with Gasteiger partial charge in [-0.05, 0) is 36.4 Å². The molecule has 0 radical (unpaired) electrons. The number of nitrogens with zero attached hydrogens (tertiary/aromatic N) is 2. The van der Waals surface area contributed by atoms with Crippen molar-refractivity contribution in [1.82, 2.24) is 0 Å². The lowest BCUT2D eigenvalue weighted by molar-refractivity contribution is 0.0697. The summed E-state index contributed by atoms with van der Waals surface area (Å²) in [6.45, 7) is 0. The average Bonchev–Trinajstić information content (AvgIpc) is 2.46. The van der Waals surface area contributed by atoms with Crippen molar-refractivity contribution in [2.24, 2.45) is 0 Å². The smallest absolute Gasteiger partial charge is 0.335 e. The normalized spacial score (nSPS) is 9.68. The Kier molecular flexibility index (Phi) is 3.48. The molecule has 0 aliphatic heterocycles. The first-order valence-electron chi connectivity index (χ1n) is 5.69. The van der Waals surface area contributed by atoms with Gasteiger partial charge < -0.3 is 10.0 Å². The Labute approximate surface area is 111 Å². The Hall–Kier alpha value is -2.80. The minimum atomic E-state index is -0.952. The summed E-state index contributed by atoms with van der Waals surface area (Å²) < 4.78 is 0. The highest BCUT2D eigenvalue weighted by molar-refractivity contribution is 5.88. The fourth-order valence-corrected chi connectivity index (χ4v) is 1.83. The van der Waals surface area contributed by atoms with Crippen LogP contribution in [0.2, 0.25) is 0 Å². The minimum Gasteiger partial charge on any atom is -0.478 e. The number of nitriles is 1. The molecule has 0 spiro atoms. The number of rotatable bonds is 3. The van der Waals surface area contributed by atoms with Gasteiger partial charge in [-0.1, -0.05) is 12.1 Å². The topological polar surface area (TPSA) is 64.3 Å². The second-order valence-electron chi connectivity index (χ2n) is 4.04. The van der Waals surface area contributed by atoms with Crippen molar-refractivity contribution in [3.05, 3.63) is 59.7 Å². The molecule has 0 amide bonds. The maximum atomic E-state index is 10.8. The summed E-state index contributed by atoms with van der Waals surface area (Å²) in [6, 6.07) is 15.9. The molecule has 2 aromatic rings. The van der Waals surface area contributed by atoms with Gasteiger partial charge in [0.2, 0.25) is 0 Å². The molecule has 94 valence electrons.